The summed E-state index contributed by atoms with van der Waals surface area (Å²) in [6, 6.07) is 0. The molecule has 0 amide bonds. The Morgan fingerprint density at radius 3 is 2.62 bits per heavy atom. The van der Waals surface area contributed by atoms with E-state index in [1.165, 1.54) is 18.4 Å². The van der Waals surface area contributed by atoms with Crippen LogP contribution in [0.1, 0.15) is 53.9 Å². The van der Waals surface area contributed by atoms with E-state index < -0.39 is 0 Å². The molecule has 0 aliphatic heterocycles. The van der Waals surface area contributed by atoms with Gasteiger partial charge in [0.25, 0.3) is 0 Å². The molecule has 1 aliphatic carbocycles. The van der Waals surface area contributed by atoms with E-state index in [9.17, 15) is 4.79 Å². The number of allylic oxidation sites excluding steroid dienone is 4. The lowest BCUT2D eigenvalue weighted by Crippen LogP contribution is -2.27. The molecule has 1 heteroatoms. The minimum absolute atomic E-state index is 0.190. The van der Waals surface area contributed by atoms with E-state index in [0.717, 1.165) is 12.0 Å². The molecule has 1 aliphatic rings. The fraction of sp³-hybridized carbons (Fsp3) is 0.667. The van der Waals surface area contributed by atoms with Gasteiger partial charge in [-0.3, -0.25) is 4.79 Å². The lowest BCUT2D eigenvalue weighted by Gasteiger charge is -2.38. The summed E-state index contributed by atoms with van der Waals surface area (Å²) < 4.78 is 0. The second-order valence-corrected chi connectivity index (χ2v) is 5.71. The fourth-order valence-electron chi connectivity index (χ4n) is 2.55. The van der Waals surface area contributed by atoms with Crippen LogP contribution in [0.4, 0.5) is 0 Å². The minimum Gasteiger partial charge on any atom is -0.295 e. The van der Waals surface area contributed by atoms with E-state index in [-0.39, 0.29) is 5.78 Å². The molecule has 1 unspecified atom stereocenters. The molecule has 0 saturated heterocycles. The van der Waals surface area contributed by atoms with E-state index in [2.05, 4.69) is 32.9 Å². The molecule has 0 aromatic rings. The minimum atomic E-state index is 0.190. The van der Waals surface area contributed by atoms with Crippen molar-refractivity contribution in [1.29, 1.82) is 0 Å². The number of Topliss-reactive ketones (excluding diaryl/α,β-unsaturated/α-hetero) is 1. The molecule has 0 N–H and O–H groups in total. The highest BCUT2D eigenvalue weighted by atomic mass is 16.1. The third kappa shape index (κ3) is 3.07. The van der Waals surface area contributed by atoms with E-state index >= 15 is 0 Å². The number of ketones is 1. The molecule has 0 spiro atoms. The van der Waals surface area contributed by atoms with Crippen LogP contribution in [0.3, 0.4) is 0 Å². The highest BCUT2D eigenvalue weighted by molar-refractivity contribution is 5.92. The van der Waals surface area contributed by atoms with Crippen LogP contribution in [0.25, 0.3) is 0 Å². The van der Waals surface area contributed by atoms with E-state index in [1.54, 1.807) is 6.92 Å². The maximum absolute atomic E-state index is 11.2. The Labute approximate surface area is 99.6 Å². The molecule has 0 aromatic carbocycles. The Morgan fingerprint density at radius 2 is 2.12 bits per heavy atom. The highest BCUT2D eigenvalue weighted by Gasteiger charge is 2.31. The van der Waals surface area contributed by atoms with Crippen molar-refractivity contribution in [2.24, 2.45) is 11.3 Å². The highest BCUT2D eigenvalue weighted by Crippen LogP contribution is 2.42. The summed E-state index contributed by atoms with van der Waals surface area (Å²) in [6.07, 6.45) is 7.91. The van der Waals surface area contributed by atoms with Gasteiger partial charge in [0.15, 0.2) is 5.78 Å². The predicted octanol–water partition coefficient (Wildman–Crippen LogP) is 4.29. The summed E-state index contributed by atoms with van der Waals surface area (Å²) in [5, 5.41) is 0. The van der Waals surface area contributed by atoms with Crippen molar-refractivity contribution in [3.05, 3.63) is 23.3 Å². The molecule has 0 bridgehead atoms. The Balaban J connectivity index is 2.78. The first kappa shape index (κ1) is 13.2. The fourth-order valence-corrected chi connectivity index (χ4v) is 2.55. The molecule has 16 heavy (non-hydrogen) atoms. The predicted molar refractivity (Wildman–Crippen MR) is 69.3 cm³/mol. The second kappa shape index (κ2) is 4.99. The zero-order chi connectivity index (χ0) is 12.3. The maximum atomic E-state index is 11.2. The summed E-state index contributed by atoms with van der Waals surface area (Å²) >= 11 is 0. The van der Waals surface area contributed by atoms with Crippen molar-refractivity contribution in [2.75, 3.05) is 0 Å². The van der Waals surface area contributed by atoms with Crippen LogP contribution < -0.4 is 0 Å². The van der Waals surface area contributed by atoms with Crippen LogP contribution in [0.15, 0.2) is 23.3 Å². The largest absolute Gasteiger partial charge is 0.295 e. The Bertz CT molecular complexity index is 331. The van der Waals surface area contributed by atoms with Gasteiger partial charge in [-0.05, 0) is 56.9 Å². The molecule has 0 heterocycles. The van der Waals surface area contributed by atoms with Gasteiger partial charge in [-0.15, -0.1) is 0 Å². The zero-order valence-electron chi connectivity index (χ0n) is 11.3. The number of rotatable bonds is 3. The van der Waals surface area contributed by atoms with Gasteiger partial charge in [-0.2, -0.15) is 0 Å². The molecule has 1 nitrogen and oxygen atoms in total. The van der Waals surface area contributed by atoms with Crippen molar-refractivity contribution in [2.45, 2.75) is 53.9 Å². The Morgan fingerprint density at radius 1 is 1.50 bits per heavy atom. The van der Waals surface area contributed by atoms with Crippen LogP contribution in [0, 0.1) is 11.3 Å². The average Bonchev–Trinajstić information content (AvgIpc) is 2.15. The van der Waals surface area contributed by atoms with Crippen LogP contribution in [-0.2, 0) is 4.79 Å². The molecule has 0 aromatic heterocycles. The molecule has 90 valence electrons. The van der Waals surface area contributed by atoms with Gasteiger partial charge in [-0.25, -0.2) is 0 Å². The summed E-state index contributed by atoms with van der Waals surface area (Å²) in [7, 11) is 0. The van der Waals surface area contributed by atoms with Crippen molar-refractivity contribution in [1.82, 2.24) is 0 Å². The monoisotopic (exact) mass is 220 g/mol. The SMILES string of the molecule is CC(=O)/C(C)=C/CC1C(C)=CCCC1(C)C. The van der Waals surface area contributed by atoms with Crippen molar-refractivity contribution >= 4 is 5.78 Å². The van der Waals surface area contributed by atoms with Gasteiger partial charge in [0.2, 0.25) is 0 Å². The molecule has 0 radical (unpaired) electrons. The standard InChI is InChI=1S/C15H24O/c1-11(13(3)16)8-9-14-12(2)7-6-10-15(14,4)5/h7-8,14H,6,9-10H2,1-5H3/b11-8+. The second-order valence-electron chi connectivity index (χ2n) is 5.71. The lowest BCUT2D eigenvalue weighted by atomic mass is 9.67. The zero-order valence-corrected chi connectivity index (χ0v) is 11.3. The molecular formula is C15H24O. The topological polar surface area (TPSA) is 17.1 Å². The van der Waals surface area contributed by atoms with Crippen molar-refractivity contribution in [3.63, 3.8) is 0 Å². The number of hydrogen-bond acceptors (Lipinski definition) is 1. The van der Waals surface area contributed by atoms with Crippen molar-refractivity contribution < 1.29 is 4.79 Å². The first-order valence-corrected chi connectivity index (χ1v) is 6.19. The van der Waals surface area contributed by atoms with E-state index in [1.807, 2.05) is 6.92 Å². The Hall–Kier alpha value is -0.850. The maximum Gasteiger partial charge on any atom is 0.155 e. The first-order chi connectivity index (χ1) is 7.34. The number of carbonyl (C=O) groups excluding carboxylic acids is 1. The summed E-state index contributed by atoms with van der Waals surface area (Å²) in [5.41, 5.74) is 2.75. The van der Waals surface area contributed by atoms with Gasteiger partial charge >= 0.3 is 0 Å². The molecule has 1 atom stereocenters. The van der Waals surface area contributed by atoms with Gasteiger partial charge in [0, 0.05) is 0 Å². The smallest absolute Gasteiger partial charge is 0.155 e. The molecule has 1 rings (SSSR count). The van der Waals surface area contributed by atoms with Crippen LogP contribution in [0.5, 0.6) is 0 Å². The van der Waals surface area contributed by atoms with Gasteiger partial charge in [0.05, 0.1) is 0 Å². The molecular weight excluding hydrogens is 196 g/mol. The normalized spacial score (nSPS) is 25.2. The first-order valence-electron chi connectivity index (χ1n) is 6.19. The van der Waals surface area contributed by atoms with Gasteiger partial charge in [-0.1, -0.05) is 31.6 Å². The van der Waals surface area contributed by atoms with Crippen LogP contribution in [-0.4, -0.2) is 5.78 Å². The van der Waals surface area contributed by atoms with E-state index in [0.29, 0.717) is 11.3 Å². The summed E-state index contributed by atoms with van der Waals surface area (Å²) in [5.74, 6) is 0.783. The number of carbonyl (C=O) groups is 1. The van der Waals surface area contributed by atoms with E-state index in [4.69, 9.17) is 0 Å². The van der Waals surface area contributed by atoms with Gasteiger partial charge < -0.3 is 0 Å². The van der Waals surface area contributed by atoms with Crippen LogP contribution >= 0.6 is 0 Å². The number of hydrogen-bond donors (Lipinski definition) is 0. The third-order valence-electron chi connectivity index (χ3n) is 3.96. The summed E-state index contributed by atoms with van der Waals surface area (Å²) in [4.78, 5) is 11.2. The Kier molecular flexibility index (Phi) is 4.12. The van der Waals surface area contributed by atoms with Crippen molar-refractivity contribution in [3.8, 4) is 0 Å². The quantitative estimate of drug-likeness (QED) is 0.512. The average molecular weight is 220 g/mol. The molecule has 0 saturated carbocycles. The summed E-state index contributed by atoms with van der Waals surface area (Å²) in [6.45, 7) is 10.5. The lowest BCUT2D eigenvalue weighted by molar-refractivity contribution is -0.113. The third-order valence-corrected chi connectivity index (χ3v) is 3.96. The molecule has 0 fully saturated rings. The van der Waals surface area contributed by atoms with Crippen LogP contribution in [0.2, 0.25) is 0 Å². The van der Waals surface area contributed by atoms with Gasteiger partial charge in [0.1, 0.15) is 0 Å².